The molecule has 80 valence electrons. The maximum atomic E-state index is 11.4. The van der Waals surface area contributed by atoms with E-state index in [2.05, 4.69) is 22.8 Å². The summed E-state index contributed by atoms with van der Waals surface area (Å²) in [6.45, 7) is 1.58. The fourth-order valence-electron chi connectivity index (χ4n) is 1.80. The molecule has 1 aromatic carbocycles. The quantitative estimate of drug-likeness (QED) is 0.773. The minimum atomic E-state index is -0.0149. The molecule has 0 spiro atoms. The molecule has 3 nitrogen and oxygen atoms in total. The lowest BCUT2D eigenvalue weighted by Gasteiger charge is -2.22. The van der Waals surface area contributed by atoms with Crippen molar-refractivity contribution in [3.63, 3.8) is 0 Å². The SMILES string of the molecule is O=C1NCCC[C@@H]1NCc1ccccc1. The standard InChI is InChI=1S/C12H16N2O/c15-12-11(7-4-8-13-12)14-9-10-5-2-1-3-6-10/h1-3,5-6,11,14H,4,7-9H2,(H,13,15)/t11-/m0/s1. The van der Waals surface area contributed by atoms with Crippen molar-refractivity contribution in [2.75, 3.05) is 6.54 Å². The van der Waals surface area contributed by atoms with Gasteiger partial charge in [-0.3, -0.25) is 4.79 Å². The van der Waals surface area contributed by atoms with Crippen molar-refractivity contribution in [3.8, 4) is 0 Å². The Kier molecular flexibility index (Phi) is 3.35. The second kappa shape index (κ2) is 4.94. The number of carbonyl (C=O) groups excluding carboxylic acids is 1. The number of nitrogens with one attached hydrogen (secondary N) is 2. The molecule has 2 N–H and O–H groups in total. The van der Waals surface area contributed by atoms with Gasteiger partial charge >= 0.3 is 0 Å². The molecule has 0 aromatic heterocycles. The van der Waals surface area contributed by atoms with Gasteiger partial charge in [-0.15, -0.1) is 0 Å². The van der Waals surface area contributed by atoms with Gasteiger partial charge in [-0.05, 0) is 18.4 Å². The first-order chi connectivity index (χ1) is 7.36. The number of hydrogen-bond acceptors (Lipinski definition) is 2. The molecule has 1 amide bonds. The minimum Gasteiger partial charge on any atom is -0.355 e. The number of carbonyl (C=O) groups is 1. The van der Waals surface area contributed by atoms with E-state index in [0.717, 1.165) is 25.9 Å². The molecular weight excluding hydrogens is 188 g/mol. The smallest absolute Gasteiger partial charge is 0.237 e. The first-order valence-electron chi connectivity index (χ1n) is 5.41. The van der Waals surface area contributed by atoms with E-state index >= 15 is 0 Å². The highest BCUT2D eigenvalue weighted by Gasteiger charge is 2.20. The van der Waals surface area contributed by atoms with Crippen molar-refractivity contribution in [1.29, 1.82) is 0 Å². The van der Waals surface area contributed by atoms with Gasteiger partial charge in [0, 0.05) is 13.1 Å². The van der Waals surface area contributed by atoms with Crippen molar-refractivity contribution in [1.82, 2.24) is 10.6 Å². The van der Waals surface area contributed by atoms with Gasteiger partial charge in [0.1, 0.15) is 0 Å². The van der Waals surface area contributed by atoms with Crippen LogP contribution in [0.25, 0.3) is 0 Å². The van der Waals surface area contributed by atoms with E-state index in [1.54, 1.807) is 0 Å². The van der Waals surface area contributed by atoms with Crippen LogP contribution in [-0.2, 0) is 11.3 Å². The average molecular weight is 204 g/mol. The Morgan fingerprint density at radius 2 is 2.13 bits per heavy atom. The highest BCUT2D eigenvalue weighted by molar-refractivity contribution is 5.82. The van der Waals surface area contributed by atoms with Gasteiger partial charge in [0.05, 0.1) is 6.04 Å². The van der Waals surface area contributed by atoms with Crippen LogP contribution in [0.5, 0.6) is 0 Å². The summed E-state index contributed by atoms with van der Waals surface area (Å²) in [4.78, 5) is 11.4. The normalized spacial score (nSPS) is 21.1. The van der Waals surface area contributed by atoms with Crippen molar-refractivity contribution in [3.05, 3.63) is 35.9 Å². The fourth-order valence-corrected chi connectivity index (χ4v) is 1.80. The molecule has 1 atom stereocenters. The minimum absolute atomic E-state index is 0.0149. The average Bonchev–Trinajstić information content (AvgIpc) is 2.29. The molecule has 1 aliphatic heterocycles. The Bertz CT molecular complexity index is 324. The summed E-state index contributed by atoms with van der Waals surface area (Å²) in [5.74, 6) is 0.136. The van der Waals surface area contributed by atoms with Crippen LogP contribution in [0, 0.1) is 0 Å². The Morgan fingerprint density at radius 1 is 1.33 bits per heavy atom. The van der Waals surface area contributed by atoms with Crippen LogP contribution in [0.1, 0.15) is 18.4 Å². The zero-order valence-corrected chi connectivity index (χ0v) is 8.70. The van der Waals surface area contributed by atoms with E-state index in [9.17, 15) is 4.79 Å². The van der Waals surface area contributed by atoms with Crippen LogP contribution in [0.3, 0.4) is 0 Å². The maximum absolute atomic E-state index is 11.4. The van der Waals surface area contributed by atoms with Gasteiger partial charge in [-0.1, -0.05) is 30.3 Å². The molecule has 1 fully saturated rings. The molecule has 0 aliphatic carbocycles. The highest BCUT2D eigenvalue weighted by Crippen LogP contribution is 2.05. The zero-order valence-electron chi connectivity index (χ0n) is 8.70. The number of amides is 1. The first-order valence-corrected chi connectivity index (χ1v) is 5.41. The Balaban J connectivity index is 1.85. The van der Waals surface area contributed by atoms with Gasteiger partial charge in [-0.25, -0.2) is 0 Å². The van der Waals surface area contributed by atoms with E-state index < -0.39 is 0 Å². The van der Waals surface area contributed by atoms with E-state index in [1.165, 1.54) is 5.56 Å². The molecule has 1 heterocycles. The molecule has 3 heteroatoms. The third-order valence-corrected chi connectivity index (χ3v) is 2.68. The number of rotatable bonds is 3. The third kappa shape index (κ3) is 2.80. The van der Waals surface area contributed by atoms with Crippen LogP contribution in [0.15, 0.2) is 30.3 Å². The van der Waals surface area contributed by atoms with Gasteiger partial charge in [-0.2, -0.15) is 0 Å². The summed E-state index contributed by atoms with van der Waals surface area (Å²) >= 11 is 0. The third-order valence-electron chi connectivity index (χ3n) is 2.68. The van der Waals surface area contributed by atoms with Gasteiger partial charge in [0.15, 0.2) is 0 Å². The molecule has 1 aliphatic rings. The highest BCUT2D eigenvalue weighted by atomic mass is 16.2. The maximum Gasteiger partial charge on any atom is 0.237 e. The molecule has 0 saturated carbocycles. The monoisotopic (exact) mass is 204 g/mol. The lowest BCUT2D eigenvalue weighted by atomic mass is 10.1. The Labute approximate surface area is 89.9 Å². The zero-order chi connectivity index (χ0) is 10.5. The molecule has 0 unspecified atom stereocenters. The molecule has 2 rings (SSSR count). The summed E-state index contributed by atoms with van der Waals surface area (Å²) in [7, 11) is 0. The summed E-state index contributed by atoms with van der Waals surface area (Å²) in [5, 5.41) is 6.14. The lowest BCUT2D eigenvalue weighted by Crippen LogP contribution is -2.47. The van der Waals surface area contributed by atoms with Crippen molar-refractivity contribution < 1.29 is 4.79 Å². The largest absolute Gasteiger partial charge is 0.355 e. The number of benzene rings is 1. The summed E-state index contributed by atoms with van der Waals surface area (Å²) < 4.78 is 0. The molecule has 0 bridgehead atoms. The van der Waals surface area contributed by atoms with E-state index in [-0.39, 0.29) is 11.9 Å². The van der Waals surface area contributed by atoms with Gasteiger partial charge in [0.2, 0.25) is 5.91 Å². The fraction of sp³-hybridized carbons (Fsp3) is 0.417. The lowest BCUT2D eigenvalue weighted by molar-refractivity contribution is -0.124. The van der Waals surface area contributed by atoms with Crippen molar-refractivity contribution in [2.24, 2.45) is 0 Å². The van der Waals surface area contributed by atoms with Crippen LogP contribution >= 0.6 is 0 Å². The molecular formula is C12H16N2O. The first kappa shape index (κ1) is 10.2. The predicted octanol–water partition coefficient (Wildman–Crippen LogP) is 1.05. The predicted molar refractivity (Wildman–Crippen MR) is 59.3 cm³/mol. The molecule has 1 aromatic rings. The van der Waals surface area contributed by atoms with Crippen LogP contribution in [0.4, 0.5) is 0 Å². The second-order valence-electron chi connectivity index (χ2n) is 3.85. The summed E-state index contributed by atoms with van der Waals surface area (Å²) in [6.07, 6.45) is 2.01. The Morgan fingerprint density at radius 3 is 2.87 bits per heavy atom. The van der Waals surface area contributed by atoms with Gasteiger partial charge in [0.25, 0.3) is 0 Å². The summed E-state index contributed by atoms with van der Waals surface area (Å²) in [5.41, 5.74) is 1.22. The van der Waals surface area contributed by atoms with E-state index in [1.807, 2.05) is 18.2 Å². The number of hydrogen-bond donors (Lipinski definition) is 2. The Hall–Kier alpha value is -1.35. The number of piperidine rings is 1. The topological polar surface area (TPSA) is 41.1 Å². The van der Waals surface area contributed by atoms with Crippen LogP contribution < -0.4 is 10.6 Å². The van der Waals surface area contributed by atoms with Crippen LogP contribution in [-0.4, -0.2) is 18.5 Å². The molecule has 0 radical (unpaired) electrons. The van der Waals surface area contributed by atoms with Crippen molar-refractivity contribution >= 4 is 5.91 Å². The van der Waals surface area contributed by atoms with E-state index in [4.69, 9.17) is 0 Å². The van der Waals surface area contributed by atoms with Crippen LogP contribution in [0.2, 0.25) is 0 Å². The van der Waals surface area contributed by atoms with Crippen molar-refractivity contribution in [2.45, 2.75) is 25.4 Å². The molecule has 1 saturated heterocycles. The van der Waals surface area contributed by atoms with E-state index in [0.29, 0.717) is 0 Å². The molecule has 15 heavy (non-hydrogen) atoms. The summed E-state index contributed by atoms with van der Waals surface area (Å²) in [6, 6.07) is 10.1. The van der Waals surface area contributed by atoms with Gasteiger partial charge < -0.3 is 10.6 Å². The second-order valence-corrected chi connectivity index (χ2v) is 3.85.